The number of aliphatic hydroxyl groups is 1. The third-order valence-corrected chi connectivity index (χ3v) is 6.73. The molecule has 9 heteroatoms. The molecule has 8 nitrogen and oxygen atoms in total. The molecular weight excluding hydrogens is 394 g/mol. The summed E-state index contributed by atoms with van der Waals surface area (Å²) in [6, 6.07) is 6.60. The fourth-order valence-corrected chi connectivity index (χ4v) is 4.78. The van der Waals surface area contributed by atoms with E-state index in [4.69, 9.17) is 9.47 Å². The molecule has 0 aliphatic heterocycles. The maximum absolute atomic E-state index is 13.0. The second-order valence-corrected chi connectivity index (χ2v) is 9.02. The zero-order chi connectivity index (χ0) is 21.0. The monoisotopic (exact) mass is 423 g/mol. The Hall–Kier alpha value is -1.94. The molecule has 1 fully saturated rings. The normalized spacial score (nSPS) is 21.1. The number of sulfonamides is 1. The summed E-state index contributed by atoms with van der Waals surface area (Å²) in [5.41, 5.74) is 2.05. The lowest BCUT2D eigenvalue weighted by atomic mass is 9.84. The maximum atomic E-state index is 13.0. The molecule has 1 atom stereocenters. The van der Waals surface area contributed by atoms with E-state index < -0.39 is 16.3 Å². The number of H-pyrrole nitrogens is 1. The Bertz CT molecular complexity index is 903. The summed E-state index contributed by atoms with van der Waals surface area (Å²) >= 11 is 0. The molecular formula is C20H29N3O5S. The largest absolute Gasteiger partial charge is 0.381 e. The zero-order valence-corrected chi connectivity index (χ0v) is 17.8. The summed E-state index contributed by atoms with van der Waals surface area (Å²) in [6.07, 6.45) is 2.33. The number of benzene rings is 1. The fraction of sp³-hybridized carbons (Fsp3) is 0.550. The number of nitrogens with one attached hydrogen (secondary N) is 2. The average molecular weight is 424 g/mol. The molecule has 0 radical (unpaired) electrons. The van der Waals surface area contributed by atoms with Gasteiger partial charge in [0.2, 0.25) is 6.29 Å². The highest BCUT2D eigenvalue weighted by atomic mass is 32.2. The number of methoxy groups -OCH3 is 1. The number of ether oxygens (including phenoxy) is 2. The van der Waals surface area contributed by atoms with Gasteiger partial charge in [-0.1, -0.05) is 17.7 Å². The van der Waals surface area contributed by atoms with E-state index >= 15 is 0 Å². The van der Waals surface area contributed by atoms with Crippen LogP contribution in [0.1, 0.15) is 61.8 Å². The van der Waals surface area contributed by atoms with Crippen LogP contribution in [-0.2, 0) is 19.5 Å². The number of aliphatic hydroxyl groups excluding tert-OH is 1. The van der Waals surface area contributed by atoms with Crippen LogP contribution in [0.15, 0.2) is 29.2 Å². The number of aryl methyl sites for hydroxylation is 1. The molecule has 2 aromatic rings. The number of anilines is 1. The minimum Gasteiger partial charge on any atom is -0.381 e. The van der Waals surface area contributed by atoms with Gasteiger partial charge in [-0.05, 0) is 51.7 Å². The highest BCUT2D eigenvalue weighted by Crippen LogP contribution is 2.39. The maximum Gasteiger partial charge on any atom is 0.262 e. The van der Waals surface area contributed by atoms with Crippen LogP contribution in [-0.4, -0.2) is 43.5 Å². The number of rotatable bonds is 8. The first-order valence-electron chi connectivity index (χ1n) is 9.85. The van der Waals surface area contributed by atoms with E-state index in [0.717, 1.165) is 31.2 Å². The Morgan fingerprint density at radius 1 is 1.24 bits per heavy atom. The van der Waals surface area contributed by atoms with E-state index in [2.05, 4.69) is 14.9 Å². The molecule has 0 bridgehead atoms. The third-order valence-electron chi connectivity index (χ3n) is 5.36. The van der Waals surface area contributed by atoms with Gasteiger partial charge in [0, 0.05) is 19.6 Å². The summed E-state index contributed by atoms with van der Waals surface area (Å²) in [5, 5.41) is 17.5. The van der Waals surface area contributed by atoms with Crippen LogP contribution in [0, 0.1) is 6.92 Å². The van der Waals surface area contributed by atoms with Crippen molar-refractivity contribution in [3.8, 4) is 0 Å². The van der Waals surface area contributed by atoms with Crippen LogP contribution in [0.2, 0.25) is 0 Å². The van der Waals surface area contributed by atoms with Crippen molar-refractivity contribution in [3.63, 3.8) is 0 Å². The molecule has 3 N–H and O–H groups in total. The third kappa shape index (κ3) is 4.98. The molecule has 0 spiro atoms. The first-order valence-corrected chi connectivity index (χ1v) is 11.3. The zero-order valence-electron chi connectivity index (χ0n) is 17.0. The van der Waals surface area contributed by atoms with Crippen LogP contribution in [0.4, 0.5) is 5.69 Å². The number of aromatic amines is 1. The molecule has 0 saturated heterocycles. The molecule has 1 aliphatic carbocycles. The van der Waals surface area contributed by atoms with Crippen molar-refractivity contribution in [2.75, 3.05) is 18.4 Å². The van der Waals surface area contributed by atoms with Crippen LogP contribution < -0.4 is 4.72 Å². The second kappa shape index (κ2) is 9.25. The molecule has 1 aromatic carbocycles. The topological polar surface area (TPSA) is 114 Å². The van der Waals surface area contributed by atoms with Crippen molar-refractivity contribution in [1.82, 2.24) is 10.2 Å². The van der Waals surface area contributed by atoms with Crippen molar-refractivity contribution < 1.29 is 23.0 Å². The number of hydrogen-bond acceptors (Lipinski definition) is 6. The lowest BCUT2D eigenvalue weighted by molar-refractivity contribution is -0.100. The molecule has 1 heterocycles. The molecule has 160 valence electrons. The van der Waals surface area contributed by atoms with E-state index in [-0.39, 0.29) is 34.9 Å². The first-order chi connectivity index (χ1) is 13.9. The van der Waals surface area contributed by atoms with Gasteiger partial charge in [-0.3, -0.25) is 9.82 Å². The van der Waals surface area contributed by atoms with Crippen molar-refractivity contribution >= 4 is 15.7 Å². The van der Waals surface area contributed by atoms with Gasteiger partial charge < -0.3 is 14.6 Å². The van der Waals surface area contributed by atoms with Crippen LogP contribution >= 0.6 is 0 Å². The lowest BCUT2D eigenvalue weighted by Gasteiger charge is -2.27. The minimum atomic E-state index is -3.85. The number of aromatic nitrogens is 2. The van der Waals surface area contributed by atoms with E-state index in [0.29, 0.717) is 5.69 Å². The summed E-state index contributed by atoms with van der Waals surface area (Å²) in [5.74, 6) is 0.0900. The highest BCUT2D eigenvalue weighted by molar-refractivity contribution is 7.92. The number of hydrogen-bond donors (Lipinski definition) is 3. The predicted octanol–water partition coefficient (Wildman–Crippen LogP) is 3.22. The van der Waals surface area contributed by atoms with E-state index in [1.807, 2.05) is 6.92 Å². The van der Waals surface area contributed by atoms with E-state index in [9.17, 15) is 13.5 Å². The van der Waals surface area contributed by atoms with Crippen molar-refractivity contribution in [3.05, 3.63) is 41.2 Å². The van der Waals surface area contributed by atoms with Gasteiger partial charge in [0.15, 0.2) is 0 Å². The Kier molecular flexibility index (Phi) is 6.94. The van der Waals surface area contributed by atoms with Gasteiger partial charge in [-0.15, -0.1) is 0 Å². The quantitative estimate of drug-likeness (QED) is 0.562. The number of nitrogens with zero attached hydrogens (tertiary/aromatic N) is 1. The standard InChI is InChI=1S/C20H29N3O5S/c1-4-28-20(24)19-18(23-29(25,26)16-11-5-13(2)6-12-16)17(21-22-19)14-7-9-15(27-3)10-8-14/h5-6,11-12,14-15,20,23-24H,4,7-10H2,1-3H3,(H,21,22)/t14-,15+,20?. The molecule has 3 rings (SSSR count). The predicted molar refractivity (Wildman–Crippen MR) is 109 cm³/mol. The summed E-state index contributed by atoms with van der Waals surface area (Å²) in [6.45, 7) is 3.91. The molecule has 1 aromatic heterocycles. The van der Waals surface area contributed by atoms with E-state index in [1.54, 1.807) is 38.3 Å². The van der Waals surface area contributed by atoms with Crippen LogP contribution in [0.3, 0.4) is 0 Å². The molecule has 29 heavy (non-hydrogen) atoms. The summed E-state index contributed by atoms with van der Waals surface area (Å²) < 4.78 is 39.3. The Morgan fingerprint density at radius 2 is 1.90 bits per heavy atom. The van der Waals surface area contributed by atoms with E-state index in [1.165, 1.54) is 0 Å². The average Bonchev–Trinajstić information content (AvgIpc) is 3.11. The van der Waals surface area contributed by atoms with Crippen molar-refractivity contribution in [2.24, 2.45) is 0 Å². The van der Waals surface area contributed by atoms with Crippen molar-refractivity contribution in [2.45, 2.75) is 62.7 Å². The van der Waals surface area contributed by atoms with Gasteiger partial charge in [0.25, 0.3) is 10.0 Å². The fourth-order valence-electron chi connectivity index (χ4n) is 3.69. The van der Waals surface area contributed by atoms with Crippen LogP contribution in [0.25, 0.3) is 0 Å². The SMILES string of the molecule is CCOC(O)c1n[nH]c([C@H]2CC[C@@H](OC)CC2)c1NS(=O)(=O)c1ccc(C)cc1. The highest BCUT2D eigenvalue weighted by Gasteiger charge is 2.31. The molecule has 1 unspecified atom stereocenters. The lowest BCUT2D eigenvalue weighted by Crippen LogP contribution is -2.21. The Morgan fingerprint density at radius 3 is 2.48 bits per heavy atom. The van der Waals surface area contributed by atoms with Gasteiger partial charge in [-0.2, -0.15) is 5.10 Å². The van der Waals surface area contributed by atoms with Gasteiger partial charge >= 0.3 is 0 Å². The molecule has 1 aliphatic rings. The molecule has 1 saturated carbocycles. The smallest absolute Gasteiger partial charge is 0.262 e. The van der Waals surface area contributed by atoms with Crippen LogP contribution in [0.5, 0.6) is 0 Å². The van der Waals surface area contributed by atoms with Gasteiger partial charge in [-0.25, -0.2) is 8.42 Å². The molecule has 0 amide bonds. The summed E-state index contributed by atoms with van der Waals surface area (Å²) in [7, 11) is -2.14. The van der Waals surface area contributed by atoms with Gasteiger partial charge in [0.1, 0.15) is 5.69 Å². The van der Waals surface area contributed by atoms with Crippen molar-refractivity contribution in [1.29, 1.82) is 0 Å². The summed E-state index contributed by atoms with van der Waals surface area (Å²) in [4.78, 5) is 0.148. The minimum absolute atomic E-state index is 0.0900. The Balaban J connectivity index is 1.94. The van der Waals surface area contributed by atoms with Gasteiger partial charge in [0.05, 0.1) is 22.4 Å². The Labute approximate surface area is 171 Å². The first kappa shape index (κ1) is 21.8. The second-order valence-electron chi connectivity index (χ2n) is 7.33.